The summed E-state index contributed by atoms with van der Waals surface area (Å²) in [7, 11) is 1.38. The zero-order chi connectivity index (χ0) is 8.53. The van der Waals surface area contributed by atoms with Crippen LogP contribution in [0.3, 0.4) is 0 Å². The summed E-state index contributed by atoms with van der Waals surface area (Å²) in [4.78, 5) is 10.5. The minimum absolute atomic E-state index is 0.137. The maximum absolute atomic E-state index is 10.5. The van der Waals surface area contributed by atoms with Gasteiger partial charge in [0.15, 0.2) is 0 Å². The van der Waals surface area contributed by atoms with Gasteiger partial charge in [0.25, 0.3) is 0 Å². The van der Waals surface area contributed by atoms with Crippen LogP contribution < -0.4 is 5.32 Å². The summed E-state index contributed by atoms with van der Waals surface area (Å²) in [6.07, 6.45) is 1.20. The highest BCUT2D eigenvalue weighted by atomic mass is 16.5. The number of nitrogens with one attached hydrogen (secondary N) is 1. The molecule has 0 unspecified atom stereocenters. The first-order valence-corrected chi connectivity index (χ1v) is 3.69. The molecule has 0 aromatic heterocycles. The third-order valence-corrected chi connectivity index (χ3v) is 1.25. The second-order valence-corrected chi connectivity index (χ2v) is 2.15. The minimum Gasteiger partial charge on any atom is -0.469 e. The molecule has 0 aromatic rings. The Hall–Kier alpha value is -0.610. The second-order valence-electron chi connectivity index (χ2n) is 2.15. The standard InChI is InChI=1S/C7H15NO3/c1-11-7(10)3-2-4-8-5-6-9/h8-9H,2-6H2,1H3. The topological polar surface area (TPSA) is 58.6 Å². The molecule has 0 radical (unpaired) electrons. The number of hydrogen-bond donors (Lipinski definition) is 2. The highest BCUT2D eigenvalue weighted by molar-refractivity contribution is 5.68. The molecule has 2 N–H and O–H groups in total. The summed E-state index contributed by atoms with van der Waals surface area (Å²) in [5, 5.41) is 11.3. The molecule has 0 saturated carbocycles. The average molecular weight is 161 g/mol. The Morgan fingerprint density at radius 1 is 1.55 bits per heavy atom. The molecule has 0 aromatic carbocycles. The first kappa shape index (κ1) is 10.4. The molecular weight excluding hydrogens is 146 g/mol. The lowest BCUT2D eigenvalue weighted by Gasteiger charge is -2.00. The van der Waals surface area contributed by atoms with Gasteiger partial charge in [0.2, 0.25) is 0 Å². The lowest BCUT2D eigenvalue weighted by molar-refractivity contribution is -0.140. The molecule has 0 bridgehead atoms. The van der Waals surface area contributed by atoms with E-state index in [1.54, 1.807) is 0 Å². The molecule has 0 amide bonds. The Bertz CT molecular complexity index is 106. The first-order valence-electron chi connectivity index (χ1n) is 3.69. The summed E-state index contributed by atoms with van der Waals surface area (Å²) in [6, 6.07) is 0. The van der Waals surface area contributed by atoms with Gasteiger partial charge in [-0.1, -0.05) is 0 Å². The molecule has 0 spiro atoms. The monoisotopic (exact) mass is 161 g/mol. The van der Waals surface area contributed by atoms with Crippen molar-refractivity contribution in [2.24, 2.45) is 0 Å². The number of hydrogen-bond acceptors (Lipinski definition) is 4. The number of ether oxygens (including phenoxy) is 1. The van der Waals surface area contributed by atoms with Crippen LogP contribution in [0.4, 0.5) is 0 Å². The lowest BCUT2D eigenvalue weighted by Crippen LogP contribution is -2.20. The van der Waals surface area contributed by atoms with Crippen molar-refractivity contribution in [3.63, 3.8) is 0 Å². The largest absolute Gasteiger partial charge is 0.469 e. The summed E-state index contributed by atoms with van der Waals surface area (Å²) >= 11 is 0. The van der Waals surface area contributed by atoms with Gasteiger partial charge in [-0.05, 0) is 13.0 Å². The second kappa shape index (κ2) is 7.50. The molecule has 0 aliphatic rings. The zero-order valence-corrected chi connectivity index (χ0v) is 6.80. The van der Waals surface area contributed by atoms with E-state index < -0.39 is 0 Å². The van der Waals surface area contributed by atoms with E-state index in [-0.39, 0.29) is 12.6 Å². The summed E-state index contributed by atoms with van der Waals surface area (Å²) in [5.41, 5.74) is 0. The molecule has 66 valence electrons. The van der Waals surface area contributed by atoms with Crippen LogP contribution in [-0.4, -0.2) is 37.9 Å². The molecule has 0 saturated heterocycles. The molecule has 0 aliphatic carbocycles. The van der Waals surface area contributed by atoms with Gasteiger partial charge in [-0.25, -0.2) is 0 Å². The number of esters is 1. The number of carbonyl (C=O) groups is 1. The number of methoxy groups -OCH3 is 1. The van der Waals surface area contributed by atoms with Crippen LogP contribution in [0, 0.1) is 0 Å². The molecule has 0 heterocycles. The Balaban J connectivity index is 2.95. The first-order chi connectivity index (χ1) is 5.31. The van der Waals surface area contributed by atoms with E-state index in [0.717, 1.165) is 13.0 Å². The van der Waals surface area contributed by atoms with E-state index in [0.29, 0.717) is 13.0 Å². The maximum atomic E-state index is 10.5. The van der Waals surface area contributed by atoms with Crippen LogP contribution in [0.5, 0.6) is 0 Å². The highest BCUT2D eigenvalue weighted by Crippen LogP contribution is 1.88. The van der Waals surface area contributed by atoms with Gasteiger partial charge in [-0.3, -0.25) is 4.79 Å². The van der Waals surface area contributed by atoms with E-state index in [4.69, 9.17) is 5.11 Å². The Morgan fingerprint density at radius 2 is 2.27 bits per heavy atom. The van der Waals surface area contributed by atoms with E-state index in [1.165, 1.54) is 7.11 Å². The molecule has 0 rings (SSSR count). The van der Waals surface area contributed by atoms with Crippen LogP contribution in [0.2, 0.25) is 0 Å². The minimum atomic E-state index is -0.184. The molecule has 0 atom stereocenters. The van der Waals surface area contributed by atoms with Crippen molar-refractivity contribution in [1.82, 2.24) is 5.32 Å². The van der Waals surface area contributed by atoms with Crippen molar-refractivity contribution in [3.8, 4) is 0 Å². The van der Waals surface area contributed by atoms with Crippen molar-refractivity contribution >= 4 is 5.97 Å². The van der Waals surface area contributed by atoms with Crippen LogP contribution in [0.25, 0.3) is 0 Å². The molecule has 4 nitrogen and oxygen atoms in total. The van der Waals surface area contributed by atoms with Crippen molar-refractivity contribution < 1.29 is 14.6 Å². The van der Waals surface area contributed by atoms with Gasteiger partial charge in [-0.2, -0.15) is 0 Å². The molecular formula is C7H15NO3. The molecule has 0 aliphatic heterocycles. The molecule has 0 fully saturated rings. The maximum Gasteiger partial charge on any atom is 0.305 e. The van der Waals surface area contributed by atoms with Crippen molar-refractivity contribution in [3.05, 3.63) is 0 Å². The van der Waals surface area contributed by atoms with E-state index in [1.807, 2.05) is 0 Å². The van der Waals surface area contributed by atoms with Gasteiger partial charge >= 0.3 is 5.97 Å². The fourth-order valence-corrected chi connectivity index (χ4v) is 0.664. The summed E-state index contributed by atoms with van der Waals surface area (Å²) in [5.74, 6) is -0.184. The Kier molecular flexibility index (Phi) is 7.08. The van der Waals surface area contributed by atoms with E-state index >= 15 is 0 Å². The van der Waals surface area contributed by atoms with Crippen LogP contribution in [0.1, 0.15) is 12.8 Å². The van der Waals surface area contributed by atoms with Gasteiger partial charge < -0.3 is 15.2 Å². The summed E-state index contributed by atoms with van der Waals surface area (Å²) in [6.45, 7) is 1.47. The fourth-order valence-electron chi connectivity index (χ4n) is 0.664. The quantitative estimate of drug-likeness (QED) is 0.408. The summed E-state index contributed by atoms with van der Waals surface area (Å²) < 4.78 is 4.44. The average Bonchev–Trinajstić information content (AvgIpc) is 2.04. The zero-order valence-electron chi connectivity index (χ0n) is 6.80. The van der Waals surface area contributed by atoms with Crippen LogP contribution in [-0.2, 0) is 9.53 Å². The van der Waals surface area contributed by atoms with Crippen LogP contribution in [0.15, 0.2) is 0 Å². The van der Waals surface area contributed by atoms with E-state index in [2.05, 4.69) is 10.1 Å². The third kappa shape index (κ3) is 7.29. The normalized spacial score (nSPS) is 9.64. The van der Waals surface area contributed by atoms with Crippen molar-refractivity contribution in [2.45, 2.75) is 12.8 Å². The number of aliphatic hydroxyl groups is 1. The predicted octanol–water partition coefficient (Wildman–Crippen LogP) is -0.479. The van der Waals surface area contributed by atoms with Gasteiger partial charge in [0.05, 0.1) is 13.7 Å². The predicted molar refractivity (Wildman–Crippen MR) is 41.2 cm³/mol. The smallest absolute Gasteiger partial charge is 0.305 e. The molecule has 4 heteroatoms. The number of rotatable bonds is 6. The van der Waals surface area contributed by atoms with E-state index in [9.17, 15) is 4.79 Å². The van der Waals surface area contributed by atoms with Gasteiger partial charge in [0.1, 0.15) is 0 Å². The third-order valence-electron chi connectivity index (χ3n) is 1.25. The van der Waals surface area contributed by atoms with Crippen molar-refractivity contribution in [2.75, 3.05) is 26.8 Å². The number of carbonyl (C=O) groups excluding carboxylic acids is 1. The fraction of sp³-hybridized carbons (Fsp3) is 0.857. The lowest BCUT2D eigenvalue weighted by atomic mass is 10.3. The SMILES string of the molecule is COC(=O)CCCNCCO. The number of aliphatic hydroxyl groups excluding tert-OH is 1. The molecule has 11 heavy (non-hydrogen) atoms. The Labute approximate surface area is 66.5 Å². The van der Waals surface area contributed by atoms with Crippen molar-refractivity contribution in [1.29, 1.82) is 0 Å². The van der Waals surface area contributed by atoms with Crippen LogP contribution >= 0.6 is 0 Å². The van der Waals surface area contributed by atoms with Gasteiger partial charge in [-0.15, -0.1) is 0 Å². The Morgan fingerprint density at radius 3 is 2.82 bits per heavy atom. The van der Waals surface area contributed by atoms with Gasteiger partial charge in [0, 0.05) is 13.0 Å². The highest BCUT2D eigenvalue weighted by Gasteiger charge is 1.97.